The molecule has 0 unspecified atom stereocenters. The third-order valence-electron chi connectivity index (χ3n) is 5.08. The van der Waals surface area contributed by atoms with Crippen molar-refractivity contribution in [1.82, 2.24) is 14.2 Å². The molecule has 2 heterocycles. The number of nitrogens with one attached hydrogen (secondary N) is 1. The van der Waals surface area contributed by atoms with E-state index in [2.05, 4.69) is 10.1 Å². The van der Waals surface area contributed by atoms with Crippen LogP contribution in [0.5, 0.6) is 0 Å². The Morgan fingerprint density at radius 1 is 0.966 bits per heavy atom. The lowest BCUT2D eigenvalue weighted by Crippen LogP contribution is -2.14. The van der Waals surface area contributed by atoms with Crippen molar-refractivity contribution in [2.24, 2.45) is 0 Å². The van der Waals surface area contributed by atoms with Crippen LogP contribution in [-0.4, -0.2) is 22.6 Å². The van der Waals surface area contributed by atoms with Crippen LogP contribution in [-0.2, 0) is 10.0 Å². The number of halogens is 1. The van der Waals surface area contributed by atoms with Gasteiger partial charge >= 0.3 is 0 Å². The first-order valence-electron chi connectivity index (χ1n) is 9.03. The number of aromatic amines is 1. The zero-order valence-electron chi connectivity index (χ0n) is 15.4. The van der Waals surface area contributed by atoms with Gasteiger partial charge in [-0.15, -0.1) is 5.10 Å². The summed E-state index contributed by atoms with van der Waals surface area (Å²) in [5.41, 5.74) is 3.84. The molecule has 0 saturated carbocycles. The summed E-state index contributed by atoms with van der Waals surface area (Å²) < 4.78 is 41.6. The first-order chi connectivity index (χ1) is 14.0. The smallest absolute Gasteiger partial charge is 0.283 e. The van der Waals surface area contributed by atoms with Gasteiger partial charge in [0.2, 0.25) is 5.95 Å². The van der Waals surface area contributed by atoms with Gasteiger partial charge in [0.1, 0.15) is 0 Å². The zero-order valence-corrected chi connectivity index (χ0v) is 16.2. The van der Waals surface area contributed by atoms with E-state index < -0.39 is 16.0 Å². The standard InChI is InChI=1S/C22H16FN3O2S/c1-14-7-5-6-10-16(14)19-13-17-18(24-19)11-12-20-21(17)22(23)25-26(20)29(27,28)15-8-3-2-4-9-15/h2-13,24H,1H3. The summed E-state index contributed by atoms with van der Waals surface area (Å²) in [7, 11) is -4.01. The van der Waals surface area contributed by atoms with Crippen LogP contribution in [0.2, 0.25) is 0 Å². The summed E-state index contributed by atoms with van der Waals surface area (Å²) in [5.74, 6) is -0.819. The van der Waals surface area contributed by atoms with E-state index in [1.54, 1.807) is 30.3 Å². The van der Waals surface area contributed by atoms with Crippen molar-refractivity contribution in [1.29, 1.82) is 0 Å². The van der Waals surface area contributed by atoms with E-state index in [4.69, 9.17) is 0 Å². The van der Waals surface area contributed by atoms with E-state index in [1.165, 1.54) is 12.1 Å². The first kappa shape index (κ1) is 17.6. The topological polar surface area (TPSA) is 67.8 Å². The maximum atomic E-state index is 14.9. The van der Waals surface area contributed by atoms with Gasteiger partial charge in [-0.1, -0.05) is 42.5 Å². The van der Waals surface area contributed by atoms with Gasteiger partial charge in [0.05, 0.1) is 15.8 Å². The van der Waals surface area contributed by atoms with Gasteiger partial charge in [-0.3, -0.25) is 0 Å². The second-order valence-electron chi connectivity index (χ2n) is 6.87. The van der Waals surface area contributed by atoms with Crippen LogP contribution in [0.15, 0.2) is 77.7 Å². The molecule has 0 radical (unpaired) electrons. The lowest BCUT2D eigenvalue weighted by molar-refractivity contribution is 0.556. The van der Waals surface area contributed by atoms with Crippen molar-refractivity contribution in [3.8, 4) is 11.3 Å². The molecule has 5 nitrogen and oxygen atoms in total. The largest absolute Gasteiger partial charge is 0.354 e. The highest BCUT2D eigenvalue weighted by Crippen LogP contribution is 2.33. The summed E-state index contributed by atoms with van der Waals surface area (Å²) in [4.78, 5) is 3.35. The molecule has 0 fully saturated rings. The van der Waals surface area contributed by atoms with Gasteiger partial charge in [-0.25, -0.2) is 0 Å². The normalized spacial score (nSPS) is 12.1. The number of aryl methyl sites for hydroxylation is 1. The molecule has 3 aromatic carbocycles. The molecule has 0 saturated heterocycles. The number of aromatic nitrogens is 3. The van der Waals surface area contributed by atoms with Crippen LogP contribution < -0.4 is 0 Å². The Kier molecular flexibility index (Phi) is 3.82. The Morgan fingerprint density at radius 3 is 2.45 bits per heavy atom. The fourth-order valence-electron chi connectivity index (χ4n) is 3.65. The summed E-state index contributed by atoms with van der Waals surface area (Å²) in [5, 5.41) is 4.50. The number of fused-ring (bicyclic) bond motifs is 3. The Balaban J connectivity index is 1.77. The average Bonchev–Trinajstić information content (AvgIpc) is 3.30. The lowest BCUT2D eigenvalue weighted by atomic mass is 10.1. The van der Waals surface area contributed by atoms with Crippen LogP contribution >= 0.6 is 0 Å². The molecular weight excluding hydrogens is 389 g/mol. The van der Waals surface area contributed by atoms with Gasteiger partial charge in [0.15, 0.2) is 0 Å². The molecule has 0 aliphatic rings. The molecule has 0 atom stereocenters. The zero-order chi connectivity index (χ0) is 20.2. The summed E-state index contributed by atoms with van der Waals surface area (Å²) in [6, 6.07) is 20.9. The van der Waals surface area contributed by atoms with Gasteiger partial charge in [0, 0.05) is 22.2 Å². The minimum Gasteiger partial charge on any atom is -0.354 e. The minimum absolute atomic E-state index is 0.0548. The SMILES string of the molecule is Cc1ccccc1-c1cc2c(ccc3c2c(F)nn3S(=O)(=O)c2ccccc2)[nH]1. The monoisotopic (exact) mass is 405 g/mol. The molecule has 29 heavy (non-hydrogen) atoms. The fourth-order valence-corrected chi connectivity index (χ4v) is 4.94. The molecule has 5 rings (SSSR count). The molecule has 144 valence electrons. The number of H-pyrrole nitrogens is 1. The van der Waals surface area contributed by atoms with Gasteiger partial charge in [-0.2, -0.15) is 16.9 Å². The predicted octanol–water partition coefficient (Wildman–Crippen LogP) is 4.87. The average molecular weight is 405 g/mol. The van der Waals surface area contributed by atoms with Crippen molar-refractivity contribution in [3.63, 3.8) is 0 Å². The van der Waals surface area contributed by atoms with E-state index in [0.717, 1.165) is 20.9 Å². The number of hydrogen-bond acceptors (Lipinski definition) is 3. The highest BCUT2D eigenvalue weighted by molar-refractivity contribution is 7.90. The number of hydrogen-bond donors (Lipinski definition) is 1. The molecule has 7 heteroatoms. The van der Waals surface area contributed by atoms with Gasteiger partial charge in [0.25, 0.3) is 10.0 Å². The summed E-state index contributed by atoms with van der Waals surface area (Å²) >= 11 is 0. The van der Waals surface area contributed by atoms with Crippen LogP contribution in [0.25, 0.3) is 33.1 Å². The molecule has 2 aromatic heterocycles. The van der Waals surface area contributed by atoms with Crippen molar-refractivity contribution >= 4 is 31.8 Å². The molecule has 0 bridgehead atoms. The Morgan fingerprint density at radius 2 is 1.69 bits per heavy atom. The quantitative estimate of drug-likeness (QED) is 0.466. The van der Waals surface area contributed by atoms with E-state index in [1.807, 2.05) is 37.3 Å². The van der Waals surface area contributed by atoms with E-state index in [-0.39, 0.29) is 15.8 Å². The fraction of sp³-hybridized carbons (Fsp3) is 0.0455. The predicted molar refractivity (Wildman–Crippen MR) is 111 cm³/mol. The van der Waals surface area contributed by atoms with E-state index in [9.17, 15) is 12.8 Å². The van der Waals surface area contributed by atoms with E-state index >= 15 is 0 Å². The molecule has 1 N–H and O–H groups in total. The first-order valence-corrected chi connectivity index (χ1v) is 10.5. The van der Waals surface area contributed by atoms with Crippen molar-refractivity contribution in [2.75, 3.05) is 0 Å². The van der Waals surface area contributed by atoms with Crippen LogP contribution in [0, 0.1) is 12.9 Å². The van der Waals surface area contributed by atoms with Crippen LogP contribution in [0.4, 0.5) is 4.39 Å². The summed E-state index contributed by atoms with van der Waals surface area (Å²) in [6.45, 7) is 2.00. The Bertz CT molecular complexity index is 1490. The summed E-state index contributed by atoms with van der Waals surface area (Å²) in [6.07, 6.45) is 0. The van der Waals surface area contributed by atoms with Crippen LogP contribution in [0.3, 0.4) is 0 Å². The molecule has 0 spiro atoms. The molecule has 5 aromatic rings. The second-order valence-corrected chi connectivity index (χ2v) is 8.64. The second kappa shape index (κ2) is 6.28. The van der Waals surface area contributed by atoms with Crippen molar-refractivity contribution in [2.45, 2.75) is 11.8 Å². The van der Waals surface area contributed by atoms with Gasteiger partial charge < -0.3 is 4.98 Å². The number of benzene rings is 3. The third kappa shape index (κ3) is 2.66. The lowest BCUT2D eigenvalue weighted by Gasteiger charge is -2.05. The van der Waals surface area contributed by atoms with Crippen LogP contribution in [0.1, 0.15) is 5.56 Å². The molecule has 0 aliphatic carbocycles. The molecule has 0 amide bonds. The molecule has 0 aliphatic heterocycles. The minimum atomic E-state index is -4.01. The highest BCUT2D eigenvalue weighted by Gasteiger charge is 2.24. The number of nitrogens with zero attached hydrogens (tertiary/aromatic N) is 2. The maximum Gasteiger partial charge on any atom is 0.283 e. The van der Waals surface area contributed by atoms with Gasteiger partial charge in [-0.05, 0) is 42.8 Å². The third-order valence-corrected chi connectivity index (χ3v) is 6.68. The highest BCUT2D eigenvalue weighted by atomic mass is 32.2. The Hall–Kier alpha value is -3.45. The molecular formula is C22H16FN3O2S. The van der Waals surface area contributed by atoms with Crippen molar-refractivity contribution in [3.05, 3.63) is 84.3 Å². The Labute approximate surface area is 166 Å². The number of rotatable bonds is 3. The maximum absolute atomic E-state index is 14.9. The van der Waals surface area contributed by atoms with Crippen molar-refractivity contribution < 1.29 is 12.8 Å². The van der Waals surface area contributed by atoms with E-state index in [0.29, 0.717) is 10.9 Å².